The molecule has 0 fully saturated rings. The van der Waals surface area contributed by atoms with Crippen LogP contribution >= 0.6 is 15.9 Å². The predicted molar refractivity (Wildman–Crippen MR) is 121 cm³/mol. The summed E-state index contributed by atoms with van der Waals surface area (Å²) < 4.78 is 6.51. The van der Waals surface area contributed by atoms with Crippen LogP contribution in [0.5, 0.6) is 5.75 Å². The Morgan fingerprint density at radius 2 is 1.62 bits per heavy atom. The molecule has 0 saturated heterocycles. The van der Waals surface area contributed by atoms with Crippen molar-refractivity contribution in [3.8, 4) is 5.75 Å². The molecule has 0 saturated carbocycles. The molecule has 0 radical (unpaired) electrons. The van der Waals surface area contributed by atoms with Gasteiger partial charge in [-0.25, -0.2) is 5.43 Å². The molecule has 0 unspecified atom stereocenters. The largest absolute Gasteiger partial charge is 0.483 e. The zero-order valence-corrected chi connectivity index (χ0v) is 17.4. The molecule has 0 aliphatic carbocycles. The van der Waals surface area contributed by atoms with E-state index in [0.29, 0.717) is 5.75 Å². The smallest absolute Gasteiger partial charge is 0.277 e. The van der Waals surface area contributed by atoms with E-state index < -0.39 is 0 Å². The van der Waals surface area contributed by atoms with Crippen LogP contribution in [-0.4, -0.2) is 18.2 Å². The van der Waals surface area contributed by atoms with E-state index in [1.54, 1.807) is 0 Å². The van der Waals surface area contributed by atoms with Crippen LogP contribution in [0.3, 0.4) is 0 Å². The highest BCUT2D eigenvalue weighted by atomic mass is 79.9. The Balaban J connectivity index is 1.41. The number of amides is 1. The van der Waals surface area contributed by atoms with Gasteiger partial charge in [0.2, 0.25) is 0 Å². The number of halogens is 1. The minimum absolute atomic E-state index is 0.120. The van der Waals surface area contributed by atoms with E-state index in [0.717, 1.165) is 31.9 Å². The van der Waals surface area contributed by atoms with Gasteiger partial charge in [0.15, 0.2) is 6.61 Å². The van der Waals surface area contributed by atoms with Crippen LogP contribution in [0.1, 0.15) is 12.5 Å². The molecule has 0 aromatic heterocycles. The normalized spacial score (nSPS) is 11.6. The fraction of sp³-hybridized carbons (Fsp3) is 0.0833. The molecule has 29 heavy (non-hydrogen) atoms. The Kier molecular flexibility index (Phi) is 5.58. The van der Waals surface area contributed by atoms with Crippen LogP contribution in [0.4, 0.5) is 0 Å². The Bertz CT molecular complexity index is 1230. The number of hydrazone groups is 1. The molecule has 1 N–H and O–H groups in total. The first kappa shape index (κ1) is 19.2. The SMILES string of the molecule is CC(=NNC(=O)COc1ccc2ccccc2c1Br)c1ccc2ccccc2c1. The Morgan fingerprint density at radius 3 is 2.45 bits per heavy atom. The average Bonchev–Trinajstić information content (AvgIpc) is 2.77. The lowest BCUT2D eigenvalue weighted by molar-refractivity contribution is -0.123. The van der Waals surface area contributed by atoms with Gasteiger partial charge in [0.05, 0.1) is 10.2 Å². The number of carbonyl (C=O) groups is 1. The summed E-state index contributed by atoms with van der Waals surface area (Å²) in [6.07, 6.45) is 0. The minimum atomic E-state index is -0.315. The Hall–Kier alpha value is -3.18. The molecule has 0 bridgehead atoms. The summed E-state index contributed by atoms with van der Waals surface area (Å²) in [7, 11) is 0. The molecule has 0 heterocycles. The Labute approximate surface area is 177 Å². The topological polar surface area (TPSA) is 50.7 Å². The van der Waals surface area contributed by atoms with Gasteiger partial charge >= 0.3 is 0 Å². The van der Waals surface area contributed by atoms with Crippen molar-refractivity contribution in [2.24, 2.45) is 5.10 Å². The van der Waals surface area contributed by atoms with Gasteiger partial charge in [-0.1, -0.05) is 66.7 Å². The van der Waals surface area contributed by atoms with Crippen LogP contribution in [-0.2, 0) is 4.79 Å². The number of fused-ring (bicyclic) bond motifs is 2. The third-order valence-corrected chi connectivity index (χ3v) is 5.52. The highest BCUT2D eigenvalue weighted by Gasteiger charge is 2.08. The van der Waals surface area contributed by atoms with E-state index in [1.165, 1.54) is 5.39 Å². The molecule has 0 aliphatic heterocycles. The quantitative estimate of drug-likeness (QED) is 0.316. The Morgan fingerprint density at radius 1 is 0.931 bits per heavy atom. The van der Waals surface area contributed by atoms with E-state index in [-0.39, 0.29) is 12.5 Å². The van der Waals surface area contributed by atoms with E-state index in [4.69, 9.17) is 4.74 Å². The van der Waals surface area contributed by atoms with Gasteiger partial charge in [-0.15, -0.1) is 0 Å². The maximum absolute atomic E-state index is 12.2. The first-order chi connectivity index (χ1) is 14.1. The van der Waals surface area contributed by atoms with Crippen LogP contribution < -0.4 is 10.2 Å². The van der Waals surface area contributed by atoms with Gasteiger partial charge in [-0.3, -0.25) is 4.79 Å². The first-order valence-corrected chi connectivity index (χ1v) is 10.0. The lowest BCUT2D eigenvalue weighted by Gasteiger charge is -2.10. The van der Waals surface area contributed by atoms with E-state index in [2.05, 4.69) is 44.7 Å². The van der Waals surface area contributed by atoms with E-state index in [9.17, 15) is 4.79 Å². The second-order valence-corrected chi connectivity index (χ2v) is 7.47. The molecule has 4 nitrogen and oxygen atoms in total. The highest BCUT2D eigenvalue weighted by Crippen LogP contribution is 2.32. The maximum Gasteiger partial charge on any atom is 0.277 e. The minimum Gasteiger partial charge on any atom is -0.483 e. The molecule has 4 aromatic carbocycles. The monoisotopic (exact) mass is 446 g/mol. The van der Waals surface area contributed by atoms with Gasteiger partial charge in [-0.2, -0.15) is 5.10 Å². The molecule has 4 aromatic rings. The summed E-state index contributed by atoms with van der Waals surface area (Å²) in [4.78, 5) is 12.2. The van der Waals surface area contributed by atoms with Crippen molar-refractivity contribution in [1.82, 2.24) is 5.43 Å². The zero-order valence-electron chi connectivity index (χ0n) is 15.9. The predicted octanol–water partition coefficient (Wildman–Crippen LogP) is 5.67. The molecular formula is C24H19BrN2O2. The lowest BCUT2D eigenvalue weighted by atomic mass is 10.0. The summed E-state index contributed by atoms with van der Waals surface area (Å²) in [5.74, 6) is 0.305. The second kappa shape index (κ2) is 8.45. The standard InChI is InChI=1S/C24H19BrN2O2/c1-16(19-11-10-17-6-2-3-8-20(17)14-19)26-27-23(28)15-29-22-13-12-18-7-4-5-9-21(18)24(22)25/h2-14H,15H2,1H3,(H,27,28). The summed E-state index contributed by atoms with van der Waals surface area (Å²) in [5, 5.41) is 8.66. The van der Waals surface area contributed by atoms with Gasteiger partial charge in [-0.05, 0) is 62.1 Å². The summed E-state index contributed by atoms with van der Waals surface area (Å²) in [6, 6.07) is 26.0. The van der Waals surface area contributed by atoms with Crippen molar-refractivity contribution in [3.63, 3.8) is 0 Å². The molecule has 4 rings (SSSR count). The second-order valence-electron chi connectivity index (χ2n) is 6.68. The number of hydrogen-bond acceptors (Lipinski definition) is 3. The number of carbonyl (C=O) groups excluding carboxylic acids is 1. The van der Waals surface area contributed by atoms with Gasteiger partial charge < -0.3 is 4.74 Å². The van der Waals surface area contributed by atoms with Crippen molar-refractivity contribution >= 4 is 49.1 Å². The van der Waals surface area contributed by atoms with Crippen molar-refractivity contribution in [3.05, 3.63) is 88.9 Å². The van der Waals surface area contributed by atoms with Crippen molar-refractivity contribution in [2.75, 3.05) is 6.61 Å². The van der Waals surface area contributed by atoms with Crippen molar-refractivity contribution in [2.45, 2.75) is 6.92 Å². The van der Waals surface area contributed by atoms with Gasteiger partial charge in [0.1, 0.15) is 5.75 Å². The molecule has 1 amide bonds. The number of benzene rings is 4. The summed E-state index contributed by atoms with van der Waals surface area (Å²) in [6.45, 7) is 1.75. The van der Waals surface area contributed by atoms with Crippen LogP contribution in [0.2, 0.25) is 0 Å². The fourth-order valence-electron chi connectivity index (χ4n) is 3.13. The van der Waals surface area contributed by atoms with Crippen molar-refractivity contribution in [1.29, 1.82) is 0 Å². The van der Waals surface area contributed by atoms with Gasteiger partial charge in [0, 0.05) is 0 Å². The molecule has 0 spiro atoms. The third kappa shape index (κ3) is 4.30. The first-order valence-electron chi connectivity index (χ1n) is 9.24. The molecular weight excluding hydrogens is 428 g/mol. The van der Waals surface area contributed by atoms with E-state index >= 15 is 0 Å². The zero-order chi connectivity index (χ0) is 20.2. The third-order valence-electron chi connectivity index (χ3n) is 4.70. The van der Waals surface area contributed by atoms with Gasteiger partial charge in [0.25, 0.3) is 5.91 Å². The molecule has 144 valence electrons. The number of nitrogens with zero attached hydrogens (tertiary/aromatic N) is 1. The number of hydrogen-bond donors (Lipinski definition) is 1. The number of ether oxygens (including phenoxy) is 1. The average molecular weight is 447 g/mol. The molecule has 0 atom stereocenters. The lowest BCUT2D eigenvalue weighted by Crippen LogP contribution is -2.25. The molecule has 0 aliphatic rings. The summed E-state index contributed by atoms with van der Waals surface area (Å²) >= 11 is 3.56. The van der Waals surface area contributed by atoms with Crippen molar-refractivity contribution < 1.29 is 9.53 Å². The van der Waals surface area contributed by atoms with Crippen LogP contribution in [0.15, 0.2) is 88.4 Å². The highest BCUT2D eigenvalue weighted by molar-refractivity contribution is 9.10. The molecule has 5 heteroatoms. The maximum atomic E-state index is 12.2. The van der Waals surface area contributed by atoms with Crippen LogP contribution in [0.25, 0.3) is 21.5 Å². The number of nitrogens with one attached hydrogen (secondary N) is 1. The van der Waals surface area contributed by atoms with Crippen LogP contribution in [0, 0.1) is 0 Å². The van der Waals surface area contributed by atoms with E-state index in [1.807, 2.05) is 67.6 Å². The number of rotatable bonds is 5. The fourth-order valence-corrected chi connectivity index (χ4v) is 3.73. The summed E-state index contributed by atoms with van der Waals surface area (Å²) in [5.41, 5.74) is 4.26.